The van der Waals surface area contributed by atoms with E-state index in [0.717, 1.165) is 16.7 Å². The molecule has 1 N–H and O–H groups in total. The van der Waals surface area contributed by atoms with Crippen molar-refractivity contribution in [1.29, 1.82) is 0 Å². The SMILES string of the molecule is C=C(C(=O)OCc1ccc(/C=C/c2ccc(-c3ccccc3)cc2)cc1)C(O)c1ccccc1. The van der Waals surface area contributed by atoms with E-state index < -0.39 is 12.1 Å². The van der Waals surface area contributed by atoms with Crippen molar-refractivity contribution in [3.8, 4) is 11.1 Å². The Morgan fingerprint density at radius 3 is 1.82 bits per heavy atom. The van der Waals surface area contributed by atoms with Crippen LogP contribution in [-0.4, -0.2) is 11.1 Å². The Kier molecular flexibility index (Phi) is 7.49. The minimum Gasteiger partial charge on any atom is -0.457 e. The van der Waals surface area contributed by atoms with E-state index in [4.69, 9.17) is 4.74 Å². The highest BCUT2D eigenvalue weighted by Gasteiger charge is 2.19. The highest BCUT2D eigenvalue weighted by atomic mass is 16.5. The van der Waals surface area contributed by atoms with Crippen LogP contribution in [0, 0.1) is 0 Å². The van der Waals surface area contributed by atoms with Gasteiger partial charge in [0.25, 0.3) is 0 Å². The van der Waals surface area contributed by atoms with Gasteiger partial charge in [-0.1, -0.05) is 128 Å². The summed E-state index contributed by atoms with van der Waals surface area (Å²) in [5.41, 5.74) is 6.04. The maximum absolute atomic E-state index is 12.3. The zero-order chi connectivity index (χ0) is 23.8. The van der Waals surface area contributed by atoms with Gasteiger partial charge < -0.3 is 9.84 Å². The van der Waals surface area contributed by atoms with Crippen LogP contribution in [0.5, 0.6) is 0 Å². The van der Waals surface area contributed by atoms with Gasteiger partial charge in [0.2, 0.25) is 0 Å². The maximum Gasteiger partial charge on any atom is 0.336 e. The second-order valence-electron chi connectivity index (χ2n) is 7.98. The van der Waals surface area contributed by atoms with Crippen LogP contribution in [0.1, 0.15) is 28.4 Å². The summed E-state index contributed by atoms with van der Waals surface area (Å²) in [7, 11) is 0. The van der Waals surface area contributed by atoms with Gasteiger partial charge in [-0.05, 0) is 33.4 Å². The Bertz CT molecular complexity index is 1260. The zero-order valence-corrected chi connectivity index (χ0v) is 18.8. The lowest BCUT2D eigenvalue weighted by Gasteiger charge is -2.13. The van der Waals surface area contributed by atoms with Crippen LogP contribution >= 0.6 is 0 Å². The van der Waals surface area contributed by atoms with E-state index in [1.54, 1.807) is 24.3 Å². The summed E-state index contributed by atoms with van der Waals surface area (Å²) in [6, 6.07) is 35.5. The molecule has 0 aliphatic heterocycles. The number of aliphatic hydroxyl groups is 1. The molecule has 168 valence electrons. The third kappa shape index (κ3) is 5.97. The molecule has 0 heterocycles. The predicted molar refractivity (Wildman–Crippen MR) is 138 cm³/mol. The monoisotopic (exact) mass is 446 g/mol. The van der Waals surface area contributed by atoms with Gasteiger partial charge in [0.15, 0.2) is 0 Å². The van der Waals surface area contributed by atoms with E-state index >= 15 is 0 Å². The quantitative estimate of drug-likeness (QED) is 0.183. The van der Waals surface area contributed by atoms with Crippen molar-refractivity contribution >= 4 is 18.1 Å². The molecule has 3 heteroatoms. The molecule has 4 rings (SSSR count). The van der Waals surface area contributed by atoms with Crippen LogP contribution < -0.4 is 0 Å². The molecule has 0 saturated heterocycles. The number of esters is 1. The van der Waals surface area contributed by atoms with Gasteiger partial charge in [-0.2, -0.15) is 0 Å². The van der Waals surface area contributed by atoms with Crippen LogP contribution in [0.25, 0.3) is 23.3 Å². The van der Waals surface area contributed by atoms with Crippen molar-refractivity contribution in [2.24, 2.45) is 0 Å². The number of hydrogen-bond acceptors (Lipinski definition) is 3. The van der Waals surface area contributed by atoms with Gasteiger partial charge in [0.05, 0.1) is 5.57 Å². The summed E-state index contributed by atoms with van der Waals surface area (Å²) >= 11 is 0. The lowest BCUT2D eigenvalue weighted by Crippen LogP contribution is -2.13. The fourth-order valence-electron chi connectivity index (χ4n) is 3.52. The summed E-state index contributed by atoms with van der Waals surface area (Å²) in [6.45, 7) is 3.81. The maximum atomic E-state index is 12.3. The van der Waals surface area contributed by atoms with Crippen LogP contribution in [0.2, 0.25) is 0 Å². The topological polar surface area (TPSA) is 46.5 Å². The third-order valence-corrected chi connectivity index (χ3v) is 5.54. The molecule has 0 aliphatic rings. The van der Waals surface area contributed by atoms with E-state index in [2.05, 4.69) is 49.1 Å². The molecule has 0 aliphatic carbocycles. The molecule has 0 amide bonds. The van der Waals surface area contributed by atoms with Crippen molar-refractivity contribution in [3.63, 3.8) is 0 Å². The molecule has 0 radical (unpaired) electrons. The molecule has 4 aromatic carbocycles. The summed E-state index contributed by atoms with van der Waals surface area (Å²) < 4.78 is 5.33. The molecule has 0 fully saturated rings. The lowest BCUT2D eigenvalue weighted by molar-refractivity contribution is -0.141. The van der Waals surface area contributed by atoms with Gasteiger partial charge in [0, 0.05) is 0 Å². The van der Waals surface area contributed by atoms with Gasteiger partial charge in [-0.3, -0.25) is 0 Å². The van der Waals surface area contributed by atoms with Gasteiger partial charge >= 0.3 is 5.97 Å². The second-order valence-corrected chi connectivity index (χ2v) is 7.98. The number of carbonyl (C=O) groups is 1. The molecule has 4 aromatic rings. The van der Waals surface area contributed by atoms with E-state index in [1.165, 1.54) is 11.1 Å². The fourth-order valence-corrected chi connectivity index (χ4v) is 3.52. The highest BCUT2D eigenvalue weighted by Crippen LogP contribution is 2.22. The Hall–Kier alpha value is -4.21. The van der Waals surface area contributed by atoms with Crippen LogP contribution in [0.3, 0.4) is 0 Å². The fraction of sp³-hybridized carbons (Fsp3) is 0.0645. The van der Waals surface area contributed by atoms with Crippen molar-refractivity contribution in [3.05, 3.63) is 144 Å². The van der Waals surface area contributed by atoms with Gasteiger partial charge in [-0.15, -0.1) is 0 Å². The Morgan fingerprint density at radius 2 is 1.24 bits per heavy atom. The van der Waals surface area contributed by atoms with Crippen LogP contribution in [-0.2, 0) is 16.1 Å². The molecule has 0 saturated carbocycles. The molecular weight excluding hydrogens is 420 g/mol. The predicted octanol–water partition coefficient (Wildman–Crippen LogP) is 6.86. The third-order valence-electron chi connectivity index (χ3n) is 5.54. The lowest BCUT2D eigenvalue weighted by atomic mass is 10.0. The first kappa shape index (κ1) is 23.0. The Labute approximate surface area is 200 Å². The molecule has 0 aromatic heterocycles. The Morgan fingerprint density at radius 1 is 0.735 bits per heavy atom. The number of hydrogen-bond donors (Lipinski definition) is 1. The average molecular weight is 447 g/mol. The first-order valence-corrected chi connectivity index (χ1v) is 11.1. The number of carbonyl (C=O) groups excluding carboxylic acids is 1. The zero-order valence-electron chi connectivity index (χ0n) is 18.8. The van der Waals surface area contributed by atoms with E-state index in [9.17, 15) is 9.90 Å². The van der Waals surface area contributed by atoms with Crippen LogP contribution in [0.4, 0.5) is 0 Å². The molecule has 1 atom stereocenters. The smallest absolute Gasteiger partial charge is 0.336 e. The number of benzene rings is 4. The molecule has 0 spiro atoms. The first-order chi connectivity index (χ1) is 16.6. The highest BCUT2D eigenvalue weighted by molar-refractivity contribution is 5.89. The van der Waals surface area contributed by atoms with Crippen molar-refractivity contribution in [2.45, 2.75) is 12.7 Å². The summed E-state index contributed by atoms with van der Waals surface area (Å²) in [4.78, 5) is 12.3. The summed E-state index contributed by atoms with van der Waals surface area (Å²) in [5.74, 6) is -0.612. The average Bonchev–Trinajstić information content (AvgIpc) is 2.91. The first-order valence-electron chi connectivity index (χ1n) is 11.1. The summed E-state index contributed by atoms with van der Waals surface area (Å²) in [5, 5.41) is 10.3. The van der Waals surface area contributed by atoms with Crippen molar-refractivity contribution < 1.29 is 14.6 Å². The minimum absolute atomic E-state index is 0.0176. The van der Waals surface area contributed by atoms with Gasteiger partial charge in [-0.25, -0.2) is 4.79 Å². The van der Waals surface area contributed by atoms with E-state index in [1.807, 2.05) is 54.6 Å². The molecule has 34 heavy (non-hydrogen) atoms. The van der Waals surface area contributed by atoms with Crippen LogP contribution in [0.15, 0.2) is 121 Å². The minimum atomic E-state index is -1.08. The molecule has 0 bridgehead atoms. The molecule has 1 unspecified atom stereocenters. The van der Waals surface area contributed by atoms with Gasteiger partial charge in [0.1, 0.15) is 12.7 Å². The normalized spacial score (nSPS) is 11.8. The number of rotatable bonds is 8. The Balaban J connectivity index is 1.30. The molecule has 3 nitrogen and oxygen atoms in total. The number of ether oxygens (including phenoxy) is 1. The van der Waals surface area contributed by atoms with E-state index in [-0.39, 0.29) is 12.2 Å². The van der Waals surface area contributed by atoms with Crippen molar-refractivity contribution in [1.82, 2.24) is 0 Å². The molecular formula is C31H26O3. The standard InChI is InChI=1S/C31H26O3/c1-23(30(32)29-10-6-3-7-11-29)31(33)34-22-26-16-14-24(15-17-26)12-13-25-18-20-28(21-19-25)27-8-4-2-5-9-27/h2-21,30,32H,1,22H2/b13-12+. The second kappa shape index (κ2) is 11.1. The summed E-state index contributed by atoms with van der Waals surface area (Å²) in [6.07, 6.45) is 3.03. The largest absolute Gasteiger partial charge is 0.457 e. The van der Waals surface area contributed by atoms with E-state index in [0.29, 0.717) is 5.56 Å². The van der Waals surface area contributed by atoms with Crippen molar-refractivity contribution in [2.75, 3.05) is 0 Å². The number of aliphatic hydroxyl groups excluding tert-OH is 1.